The van der Waals surface area contributed by atoms with E-state index in [2.05, 4.69) is 5.32 Å². The number of benzene rings is 1. The number of para-hydroxylation sites is 1. The van der Waals surface area contributed by atoms with Gasteiger partial charge >= 0.3 is 0 Å². The Morgan fingerprint density at radius 3 is 2.67 bits per heavy atom. The maximum Gasteiger partial charge on any atom is 0.239 e. The highest BCUT2D eigenvalue weighted by molar-refractivity contribution is 5.81. The van der Waals surface area contributed by atoms with Gasteiger partial charge in [-0.2, -0.15) is 0 Å². The van der Waals surface area contributed by atoms with Crippen LogP contribution < -0.4 is 10.2 Å². The average molecular weight is 292 g/mol. The number of ether oxygens (including phenoxy) is 1. The number of amides is 1. The number of hydrogen-bond donors (Lipinski definition) is 2. The van der Waals surface area contributed by atoms with Gasteiger partial charge in [0, 0.05) is 38.1 Å². The largest absolute Gasteiger partial charge is 0.396 e. The Labute approximate surface area is 125 Å². The molecule has 1 aliphatic rings. The number of nitrogens with one attached hydrogen (secondary N) is 1. The summed E-state index contributed by atoms with van der Waals surface area (Å²) in [4.78, 5) is 14.2. The van der Waals surface area contributed by atoms with Crippen molar-refractivity contribution in [2.24, 2.45) is 0 Å². The first-order chi connectivity index (χ1) is 10.3. The summed E-state index contributed by atoms with van der Waals surface area (Å²) >= 11 is 0. The van der Waals surface area contributed by atoms with Crippen LogP contribution in [0.2, 0.25) is 0 Å². The van der Waals surface area contributed by atoms with Crippen LogP contribution in [0.5, 0.6) is 0 Å². The summed E-state index contributed by atoms with van der Waals surface area (Å²) < 4.78 is 5.30. The number of nitrogens with zero attached hydrogens (tertiary/aromatic N) is 1. The number of carbonyl (C=O) groups excluding carboxylic acids is 1. The lowest BCUT2D eigenvalue weighted by Gasteiger charge is -2.27. The molecule has 21 heavy (non-hydrogen) atoms. The summed E-state index contributed by atoms with van der Waals surface area (Å²) in [5.74, 6) is 0.0312. The van der Waals surface area contributed by atoms with Gasteiger partial charge < -0.3 is 20.1 Å². The molecule has 116 valence electrons. The third-order valence-electron chi connectivity index (χ3n) is 3.63. The van der Waals surface area contributed by atoms with Crippen LogP contribution in [-0.2, 0) is 9.53 Å². The van der Waals surface area contributed by atoms with E-state index in [0.717, 1.165) is 31.7 Å². The molecule has 5 heteroatoms. The van der Waals surface area contributed by atoms with Gasteiger partial charge in [0.25, 0.3) is 0 Å². The molecule has 0 aromatic heterocycles. The molecule has 1 fully saturated rings. The predicted octanol–water partition coefficient (Wildman–Crippen LogP) is 1.17. The molecule has 5 nitrogen and oxygen atoms in total. The molecule has 0 saturated carbocycles. The molecule has 0 spiro atoms. The second-order valence-corrected chi connectivity index (χ2v) is 5.29. The highest BCUT2D eigenvalue weighted by Gasteiger charge is 2.18. The number of aliphatic hydroxyl groups is 1. The van der Waals surface area contributed by atoms with E-state index in [1.807, 2.05) is 35.2 Å². The predicted molar refractivity (Wildman–Crippen MR) is 82.3 cm³/mol. The molecule has 1 saturated heterocycles. The first kappa shape index (κ1) is 15.8. The molecule has 0 aliphatic carbocycles. The standard InChI is InChI=1S/C16H24N2O3/c19-10-4-9-18(15-5-2-1-3-6-15)13-16(20)17-14-7-11-21-12-8-14/h1-3,5-6,14,19H,4,7-13H2,(H,17,20). The van der Waals surface area contributed by atoms with E-state index in [1.54, 1.807) is 0 Å². The second kappa shape index (κ2) is 8.64. The van der Waals surface area contributed by atoms with Gasteiger partial charge in [-0.3, -0.25) is 4.79 Å². The minimum absolute atomic E-state index is 0.0312. The molecule has 0 radical (unpaired) electrons. The third kappa shape index (κ3) is 5.36. The van der Waals surface area contributed by atoms with Crippen LogP contribution in [0.1, 0.15) is 19.3 Å². The Morgan fingerprint density at radius 2 is 2.00 bits per heavy atom. The molecule has 1 amide bonds. The lowest BCUT2D eigenvalue weighted by atomic mass is 10.1. The van der Waals surface area contributed by atoms with E-state index in [9.17, 15) is 4.79 Å². The molecule has 0 bridgehead atoms. The van der Waals surface area contributed by atoms with E-state index in [1.165, 1.54) is 0 Å². The SMILES string of the molecule is O=C(CN(CCCO)c1ccccc1)NC1CCOCC1. The van der Waals surface area contributed by atoms with Gasteiger partial charge in [-0.15, -0.1) is 0 Å². The van der Waals surface area contributed by atoms with Crippen molar-refractivity contribution < 1.29 is 14.6 Å². The van der Waals surface area contributed by atoms with Crippen molar-refractivity contribution in [1.29, 1.82) is 0 Å². The van der Waals surface area contributed by atoms with Crippen LogP contribution in [0.25, 0.3) is 0 Å². The van der Waals surface area contributed by atoms with Crippen molar-refractivity contribution in [2.75, 3.05) is 37.8 Å². The number of anilines is 1. The van der Waals surface area contributed by atoms with Gasteiger partial charge in [-0.1, -0.05) is 18.2 Å². The summed E-state index contributed by atoms with van der Waals surface area (Å²) in [6.07, 6.45) is 2.42. The van der Waals surface area contributed by atoms with Gasteiger partial charge in [0.05, 0.1) is 6.54 Å². The Bertz CT molecular complexity index is 419. The molecule has 1 heterocycles. The van der Waals surface area contributed by atoms with Gasteiger partial charge in [0.2, 0.25) is 5.91 Å². The number of hydrogen-bond acceptors (Lipinski definition) is 4. The maximum absolute atomic E-state index is 12.2. The normalized spacial score (nSPS) is 15.7. The van der Waals surface area contributed by atoms with Crippen LogP contribution in [0.15, 0.2) is 30.3 Å². The molecule has 0 unspecified atom stereocenters. The molecule has 1 aromatic rings. The zero-order valence-corrected chi connectivity index (χ0v) is 12.3. The lowest BCUT2D eigenvalue weighted by Crippen LogP contribution is -2.44. The fourth-order valence-electron chi connectivity index (χ4n) is 2.49. The van der Waals surface area contributed by atoms with Crippen molar-refractivity contribution in [3.8, 4) is 0 Å². The molecule has 2 N–H and O–H groups in total. The third-order valence-corrected chi connectivity index (χ3v) is 3.63. The van der Waals surface area contributed by atoms with Crippen molar-refractivity contribution in [3.63, 3.8) is 0 Å². The zero-order chi connectivity index (χ0) is 14.9. The monoisotopic (exact) mass is 292 g/mol. The Kier molecular flexibility index (Phi) is 6.50. The molecular formula is C16H24N2O3. The van der Waals surface area contributed by atoms with E-state index in [-0.39, 0.29) is 18.6 Å². The number of carbonyl (C=O) groups is 1. The van der Waals surface area contributed by atoms with Gasteiger partial charge in [-0.05, 0) is 31.4 Å². The molecule has 0 atom stereocenters. The Hall–Kier alpha value is -1.59. The maximum atomic E-state index is 12.2. The summed E-state index contributed by atoms with van der Waals surface area (Å²) in [5, 5.41) is 12.1. The molecule has 1 aliphatic heterocycles. The Balaban J connectivity index is 1.89. The summed E-state index contributed by atoms with van der Waals surface area (Å²) in [7, 11) is 0. The van der Waals surface area contributed by atoms with Crippen molar-refractivity contribution in [2.45, 2.75) is 25.3 Å². The zero-order valence-electron chi connectivity index (χ0n) is 12.3. The van der Waals surface area contributed by atoms with Crippen molar-refractivity contribution >= 4 is 11.6 Å². The Morgan fingerprint density at radius 1 is 1.29 bits per heavy atom. The minimum atomic E-state index is 0.0312. The van der Waals surface area contributed by atoms with E-state index < -0.39 is 0 Å². The molecular weight excluding hydrogens is 268 g/mol. The summed E-state index contributed by atoms with van der Waals surface area (Å²) in [6, 6.07) is 10.1. The van der Waals surface area contributed by atoms with E-state index >= 15 is 0 Å². The average Bonchev–Trinajstić information content (AvgIpc) is 2.53. The van der Waals surface area contributed by atoms with Crippen LogP contribution in [-0.4, -0.2) is 50.0 Å². The van der Waals surface area contributed by atoms with Crippen LogP contribution in [0.3, 0.4) is 0 Å². The van der Waals surface area contributed by atoms with Gasteiger partial charge in [-0.25, -0.2) is 0 Å². The first-order valence-corrected chi connectivity index (χ1v) is 7.57. The van der Waals surface area contributed by atoms with Crippen LogP contribution >= 0.6 is 0 Å². The topological polar surface area (TPSA) is 61.8 Å². The number of rotatable bonds is 7. The van der Waals surface area contributed by atoms with Crippen molar-refractivity contribution in [3.05, 3.63) is 30.3 Å². The first-order valence-electron chi connectivity index (χ1n) is 7.57. The van der Waals surface area contributed by atoms with Crippen LogP contribution in [0.4, 0.5) is 5.69 Å². The highest BCUT2D eigenvalue weighted by Crippen LogP contribution is 2.13. The van der Waals surface area contributed by atoms with E-state index in [0.29, 0.717) is 19.5 Å². The van der Waals surface area contributed by atoms with Crippen LogP contribution in [0, 0.1) is 0 Å². The fraction of sp³-hybridized carbons (Fsp3) is 0.562. The van der Waals surface area contributed by atoms with Gasteiger partial charge in [0.1, 0.15) is 0 Å². The second-order valence-electron chi connectivity index (χ2n) is 5.29. The van der Waals surface area contributed by atoms with E-state index in [4.69, 9.17) is 9.84 Å². The fourth-order valence-corrected chi connectivity index (χ4v) is 2.49. The summed E-state index contributed by atoms with van der Waals surface area (Å²) in [6.45, 7) is 2.56. The quantitative estimate of drug-likeness (QED) is 0.792. The molecule has 1 aromatic carbocycles. The molecule has 2 rings (SSSR count). The minimum Gasteiger partial charge on any atom is -0.396 e. The highest BCUT2D eigenvalue weighted by atomic mass is 16.5. The number of aliphatic hydroxyl groups excluding tert-OH is 1. The van der Waals surface area contributed by atoms with Gasteiger partial charge in [0.15, 0.2) is 0 Å². The smallest absolute Gasteiger partial charge is 0.239 e. The summed E-state index contributed by atoms with van der Waals surface area (Å²) in [5.41, 5.74) is 1.01. The van der Waals surface area contributed by atoms with Crippen molar-refractivity contribution in [1.82, 2.24) is 5.32 Å². The lowest BCUT2D eigenvalue weighted by molar-refractivity contribution is -0.121.